The Labute approximate surface area is 205 Å². The predicted molar refractivity (Wildman–Crippen MR) is 131 cm³/mol. The lowest BCUT2D eigenvalue weighted by Crippen LogP contribution is -2.25. The smallest absolute Gasteiger partial charge is 0.277 e. The number of amides is 1. The van der Waals surface area contributed by atoms with Gasteiger partial charge in [0.25, 0.3) is 5.91 Å². The average Bonchev–Trinajstić information content (AvgIpc) is 2.84. The summed E-state index contributed by atoms with van der Waals surface area (Å²) in [5, 5.41) is 8.72. The van der Waals surface area contributed by atoms with Crippen LogP contribution in [0.25, 0.3) is 11.3 Å². The first-order valence-corrected chi connectivity index (χ1v) is 11.8. The number of hydroxylamine groups is 1. The number of rotatable bonds is 9. The Balaban J connectivity index is 2.19. The van der Waals surface area contributed by atoms with E-state index >= 15 is 0 Å². The van der Waals surface area contributed by atoms with Gasteiger partial charge in [-0.1, -0.05) is 53.2 Å². The van der Waals surface area contributed by atoms with Crippen molar-refractivity contribution in [1.82, 2.24) is 20.7 Å². The molecule has 0 bridgehead atoms. The number of halogens is 2. The van der Waals surface area contributed by atoms with E-state index in [1.165, 1.54) is 25.3 Å². The van der Waals surface area contributed by atoms with Crippen LogP contribution in [-0.4, -0.2) is 28.2 Å². The highest BCUT2D eigenvalue weighted by molar-refractivity contribution is 5.91. The van der Waals surface area contributed by atoms with Crippen LogP contribution < -0.4 is 5.48 Å². The van der Waals surface area contributed by atoms with Crippen LogP contribution in [0.15, 0.2) is 42.5 Å². The minimum Gasteiger partial charge on any atom is -0.277 e. The van der Waals surface area contributed by atoms with Crippen molar-refractivity contribution in [1.29, 1.82) is 0 Å². The minimum atomic E-state index is -0.688. The van der Waals surface area contributed by atoms with Gasteiger partial charge in [-0.25, -0.2) is 19.2 Å². The third kappa shape index (κ3) is 5.53. The van der Waals surface area contributed by atoms with E-state index in [0.29, 0.717) is 11.4 Å². The lowest BCUT2D eigenvalue weighted by atomic mass is 9.70. The molecule has 0 saturated carbocycles. The maximum atomic E-state index is 14.6. The quantitative estimate of drug-likeness (QED) is 0.368. The van der Waals surface area contributed by atoms with E-state index < -0.39 is 17.5 Å². The summed E-state index contributed by atoms with van der Waals surface area (Å²) in [6.45, 7) is 10.5. The summed E-state index contributed by atoms with van der Waals surface area (Å²) in [6, 6.07) is 10.7. The molecule has 0 radical (unpaired) electrons. The van der Waals surface area contributed by atoms with Gasteiger partial charge in [-0.15, -0.1) is 0 Å². The zero-order valence-corrected chi connectivity index (χ0v) is 21.0. The van der Waals surface area contributed by atoms with Crippen LogP contribution in [0.4, 0.5) is 8.78 Å². The first kappa shape index (κ1) is 26.3. The highest BCUT2D eigenvalue weighted by atomic mass is 19.1. The summed E-state index contributed by atoms with van der Waals surface area (Å²) < 4.78 is 29.2. The van der Waals surface area contributed by atoms with Crippen LogP contribution in [0.2, 0.25) is 0 Å². The van der Waals surface area contributed by atoms with E-state index in [2.05, 4.69) is 48.4 Å². The number of nitrogens with one attached hydrogen (secondary N) is 1. The normalized spacial score (nSPS) is 13.4. The number of hydrogen-bond donors (Lipinski definition) is 1. The molecule has 35 heavy (non-hydrogen) atoms. The third-order valence-corrected chi connectivity index (χ3v) is 6.76. The Hall–Kier alpha value is -3.26. The van der Waals surface area contributed by atoms with Gasteiger partial charge in [0.1, 0.15) is 17.3 Å². The summed E-state index contributed by atoms with van der Waals surface area (Å²) in [5.41, 5.74) is 4.48. The molecule has 1 amide bonds. The Kier molecular flexibility index (Phi) is 8.27. The van der Waals surface area contributed by atoms with Gasteiger partial charge >= 0.3 is 0 Å². The molecule has 2 heterocycles. The zero-order valence-electron chi connectivity index (χ0n) is 21.0. The van der Waals surface area contributed by atoms with E-state index in [1.54, 1.807) is 18.2 Å². The van der Waals surface area contributed by atoms with Gasteiger partial charge in [-0.2, -0.15) is 10.2 Å². The molecule has 8 heteroatoms. The van der Waals surface area contributed by atoms with Gasteiger partial charge in [0.15, 0.2) is 0 Å². The van der Waals surface area contributed by atoms with Gasteiger partial charge < -0.3 is 0 Å². The molecular formula is C27H32F2N4O2. The molecule has 1 N–H and O–H groups in total. The molecule has 186 valence electrons. The summed E-state index contributed by atoms with van der Waals surface area (Å²) in [5.74, 6) is -2.11. The Morgan fingerprint density at radius 3 is 2.34 bits per heavy atom. The molecule has 3 rings (SSSR count). The van der Waals surface area contributed by atoms with Crippen molar-refractivity contribution in [3.63, 3.8) is 0 Å². The van der Waals surface area contributed by atoms with E-state index in [-0.39, 0.29) is 34.2 Å². The maximum Gasteiger partial charge on any atom is 0.293 e. The number of hydrogen-bond acceptors (Lipinski definition) is 5. The minimum absolute atomic E-state index is 0.0500. The highest BCUT2D eigenvalue weighted by Gasteiger charge is 2.33. The Morgan fingerprint density at radius 1 is 1.09 bits per heavy atom. The van der Waals surface area contributed by atoms with Crippen molar-refractivity contribution in [3.05, 3.63) is 76.7 Å². The zero-order chi connectivity index (χ0) is 25.8. The van der Waals surface area contributed by atoms with Crippen molar-refractivity contribution in [2.45, 2.75) is 59.3 Å². The van der Waals surface area contributed by atoms with Crippen molar-refractivity contribution >= 4 is 5.91 Å². The molecule has 2 aromatic heterocycles. The molecule has 3 aromatic rings. The Morgan fingerprint density at radius 2 is 1.74 bits per heavy atom. The molecule has 1 aromatic carbocycles. The van der Waals surface area contributed by atoms with Gasteiger partial charge in [-0.3, -0.25) is 9.63 Å². The van der Waals surface area contributed by atoms with Crippen LogP contribution in [-0.2, 0) is 4.84 Å². The lowest BCUT2D eigenvalue weighted by molar-refractivity contribution is 0.0532. The highest BCUT2D eigenvalue weighted by Crippen LogP contribution is 2.44. The maximum absolute atomic E-state index is 14.6. The summed E-state index contributed by atoms with van der Waals surface area (Å²) in [6.07, 6.45) is 1.70. The molecular weight excluding hydrogens is 450 g/mol. The van der Waals surface area contributed by atoms with Gasteiger partial charge in [0, 0.05) is 5.92 Å². The number of nitrogens with zero attached hydrogens (tertiary/aromatic N) is 3. The number of aromatic nitrogens is 3. The van der Waals surface area contributed by atoms with Crippen LogP contribution in [0.1, 0.15) is 86.7 Å². The van der Waals surface area contributed by atoms with E-state index in [0.717, 1.165) is 18.4 Å². The number of carbonyl (C=O) groups is 1. The van der Waals surface area contributed by atoms with Crippen molar-refractivity contribution in [3.8, 4) is 11.3 Å². The molecule has 0 aliphatic carbocycles. The van der Waals surface area contributed by atoms with Crippen molar-refractivity contribution < 1.29 is 18.4 Å². The van der Waals surface area contributed by atoms with Crippen LogP contribution in [0, 0.1) is 17.0 Å². The summed E-state index contributed by atoms with van der Waals surface area (Å²) >= 11 is 0. The summed E-state index contributed by atoms with van der Waals surface area (Å²) in [7, 11) is 1.35. The Bertz CT molecular complexity index is 1180. The third-order valence-electron chi connectivity index (χ3n) is 6.76. The van der Waals surface area contributed by atoms with Crippen molar-refractivity contribution in [2.24, 2.45) is 5.41 Å². The second-order valence-corrected chi connectivity index (χ2v) is 9.27. The van der Waals surface area contributed by atoms with Gasteiger partial charge in [-0.05, 0) is 53.6 Å². The standard InChI is InChI=1S/C27H32F2N4O2/c1-7-18(27(4,5)8-2)17-15-23(24-19(28)11-9-12-20(24)29)31-32-25(17)16(3)21-13-10-14-22(30-21)26(34)33-35-6/h9-16,18H,7-8H2,1-6H3,(H,33,34)/t16?,18-/m0/s1. The monoisotopic (exact) mass is 482 g/mol. The largest absolute Gasteiger partial charge is 0.293 e. The first-order chi connectivity index (χ1) is 16.6. The SMILES string of the molecule is CC[C@@H](c1cc(-c2c(F)cccc2F)nnc1C(C)c1cccc(C(=O)NOC)n1)C(C)(C)CC. The molecule has 0 saturated heterocycles. The number of benzene rings is 1. The van der Waals surface area contributed by atoms with Crippen LogP contribution in [0.5, 0.6) is 0 Å². The first-order valence-electron chi connectivity index (χ1n) is 11.8. The summed E-state index contributed by atoms with van der Waals surface area (Å²) in [4.78, 5) is 21.4. The van der Waals surface area contributed by atoms with Gasteiger partial charge in [0.2, 0.25) is 0 Å². The van der Waals surface area contributed by atoms with E-state index in [9.17, 15) is 13.6 Å². The molecule has 0 aliphatic heterocycles. The van der Waals surface area contributed by atoms with Crippen molar-refractivity contribution in [2.75, 3.05) is 7.11 Å². The second kappa shape index (κ2) is 11.0. The second-order valence-electron chi connectivity index (χ2n) is 9.27. The average molecular weight is 483 g/mol. The molecule has 0 fully saturated rings. The lowest BCUT2D eigenvalue weighted by Gasteiger charge is -2.35. The van der Waals surface area contributed by atoms with Gasteiger partial charge in [0.05, 0.1) is 29.8 Å². The molecule has 1 unspecified atom stereocenters. The topological polar surface area (TPSA) is 77.0 Å². The van der Waals surface area contributed by atoms with E-state index in [1.807, 2.05) is 13.0 Å². The molecule has 6 nitrogen and oxygen atoms in total. The van der Waals surface area contributed by atoms with E-state index in [4.69, 9.17) is 4.84 Å². The fourth-order valence-electron chi connectivity index (χ4n) is 4.44. The molecule has 0 aliphatic rings. The molecule has 2 atom stereocenters. The molecule has 0 spiro atoms. The fourth-order valence-corrected chi connectivity index (χ4v) is 4.44. The van der Waals surface area contributed by atoms with Crippen LogP contribution >= 0.6 is 0 Å². The number of pyridine rings is 1. The fraction of sp³-hybridized carbons (Fsp3) is 0.407. The number of carbonyl (C=O) groups excluding carboxylic acids is 1. The van der Waals surface area contributed by atoms with Crippen LogP contribution in [0.3, 0.4) is 0 Å². The predicted octanol–water partition coefficient (Wildman–Crippen LogP) is 6.19.